The Morgan fingerprint density at radius 2 is 1.06 bits per heavy atom. The number of esters is 2. The lowest BCUT2D eigenvalue weighted by molar-refractivity contribution is -0.154. The lowest BCUT2D eigenvalue weighted by atomic mass is 10.2. The molecule has 14 nitrogen and oxygen atoms in total. The lowest BCUT2D eigenvalue weighted by Gasteiger charge is -2.19. The fourth-order valence-electron chi connectivity index (χ4n) is 3.20. The minimum atomic E-state index is -0.880. The highest BCUT2D eigenvalue weighted by Gasteiger charge is 2.26. The fourth-order valence-corrected chi connectivity index (χ4v) is 3.20. The van der Waals surface area contributed by atoms with E-state index in [1.165, 1.54) is 0 Å². The molecular formula is C22H26N6O8. The molecule has 0 radical (unpaired) electrons. The maximum absolute atomic E-state index is 13.1. The van der Waals surface area contributed by atoms with Gasteiger partial charge < -0.3 is 20.1 Å². The highest BCUT2D eigenvalue weighted by Crippen LogP contribution is 2.10. The molecule has 3 aromatic rings. The Kier molecular flexibility index (Phi) is 6.82. The number of amides is 2. The van der Waals surface area contributed by atoms with Gasteiger partial charge in [0.15, 0.2) is 11.4 Å². The Bertz CT molecular complexity index is 1360. The molecule has 0 saturated heterocycles. The standard InChI is InChI=1S/C22H26N6O8/c1-21(2,3)35-11(29)7-23-17(31)13-15-19(33)28-10-26-14(16(28)20(34)27(15)9-25-13)18(32)24-8-12(30)36-22(4,5)6/h9-10H,7-8H2,1-6H3,(H,23,31)(H,24,32). The van der Waals surface area contributed by atoms with Gasteiger partial charge in [0.1, 0.15) is 48.0 Å². The van der Waals surface area contributed by atoms with Crippen LogP contribution in [0.4, 0.5) is 0 Å². The third-order valence-electron chi connectivity index (χ3n) is 4.43. The number of ether oxygens (including phenoxy) is 2. The van der Waals surface area contributed by atoms with Gasteiger partial charge in [0.05, 0.1) is 0 Å². The highest BCUT2D eigenvalue weighted by atomic mass is 16.6. The van der Waals surface area contributed by atoms with Gasteiger partial charge in [-0.05, 0) is 41.5 Å². The van der Waals surface area contributed by atoms with Crippen LogP contribution in [0.2, 0.25) is 0 Å². The normalized spacial score (nSPS) is 11.9. The van der Waals surface area contributed by atoms with Gasteiger partial charge in [0, 0.05) is 0 Å². The molecule has 0 spiro atoms. The van der Waals surface area contributed by atoms with E-state index in [1.807, 2.05) is 0 Å². The first-order valence-corrected chi connectivity index (χ1v) is 10.8. The van der Waals surface area contributed by atoms with Gasteiger partial charge in [-0.25, -0.2) is 9.97 Å². The summed E-state index contributed by atoms with van der Waals surface area (Å²) in [4.78, 5) is 82.7. The van der Waals surface area contributed by atoms with Gasteiger partial charge in [-0.1, -0.05) is 0 Å². The summed E-state index contributed by atoms with van der Waals surface area (Å²) in [7, 11) is 0. The number of fused-ring (bicyclic) bond motifs is 2. The van der Waals surface area contributed by atoms with Crippen LogP contribution in [0.15, 0.2) is 22.2 Å². The molecule has 0 unspecified atom stereocenters. The molecule has 14 heteroatoms. The lowest BCUT2D eigenvalue weighted by Crippen LogP contribution is -2.36. The Morgan fingerprint density at radius 3 is 1.36 bits per heavy atom. The SMILES string of the molecule is CC(C)(C)OC(=O)CNC(=O)c1ncn2c(=O)c3c(C(=O)NCC(=O)OC(C)(C)C)ncn3c(=O)c12. The largest absolute Gasteiger partial charge is 0.459 e. The van der Waals surface area contributed by atoms with E-state index in [1.54, 1.807) is 41.5 Å². The van der Waals surface area contributed by atoms with E-state index in [0.717, 1.165) is 21.5 Å². The molecule has 0 saturated carbocycles. The van der Waals surface area contributed by atoms with Crippen LogP contribution < -0.4 is 21.8 Å². The molecule has 2 N–H and O–H groups in total. The Balaban J connectivity index is 1.88. The molecule has 0 fully saturated rings. The average molecular weight is 502 g/mol. The van der Waals surface area contributed by atoms with Crippen LogP contribution in [-0.2, 0) is 19.1 Å². The molecule has 36 heavy (non-hydrogen) atoms. The van der Waals surface area contributed by atoms with Crippen molar-refractivity contribution in [2.24, 2.45) is 0 Å². The maximum atomic E-state index is 13.1. The molecule has 192 valence electrons. The number of imidazole rings is 2. The van der Waals surface area contributed by atoms with Gasteiger partial charge >= 0.3 is 11.9 Å². The number of aromatic nitrogens is 4. The van der Waals surface area contributed by atoms with E-state index in [0.29, 0.717) is 0 Å². The second-order valence-corrected chi connectivity index (χ2v) is 9.77. The summed E-state index contributed by atoms with van der Waals surface area (Å²) in [5.41, 5.74) is -4.73. The van der Waals surface area contributed by atoms with Crippen LogP contribution in [0.25, 0.3) is 11.0 Å². The summed E-state index contributed by atoms with van der Waals surface area (Å²) in [6.07, 6.45) is 1.91. The zero-order chi connectivity index (χ0) is 27.0. The van der Waals surface area contributed by atoms with E-state index < -0.39 is 70.6 Å². The molecule has 0 aliphatic carbocycles. The van der Waals surface area contributed by atoms with Crippen molar-refractivity contribution in [3.8, 4) is 0 Å². The van der Waals surface area contributed by atoms with Crippen molar-refractivity contribution in [1.82, 2.24) is 29.4 Å². The molecule has 3 rings (SSSR count). The van der Waals surface area contributed by atoms with E-state index in [-0.39, 0.29) is 11.0 Å². The van der Waals surface area contributed by atoms with Crippen molar-refractivity contribution >= 4 is 34.8 Å². The Hall–Kier alpha value is -4.36. The summed E-state index contributed by atoms with van der Waals surface area (Å²) in [6, 6.07) is 0. The van der Waals surface area contributed by atoms with Crippen LogP contribution in [0, 0.1) is 0 Å². The van der Waals surface area contributed by atoms with Crippen molar-refractivity contribution in [3.05, 3.63) is 44.8 Å². The molecule has 2 amide bonds. The number of carbonyl (C=O) groups is 4. The molecule has 3 aromatic heterocycles. The Morgan fingerprint density at radius 1 is 0.722 bits per heavy atom. The van der Waals surface area contributed by atoms with Gasteiger partial charge in [0.25, 0.3) is 22.9 Å². The summed E-state index contributed by atoms with van der Waals surface area (Å²) in [5, 5.41) is 4.60. The molecule has 0 aromatic carbocycles. The van der Waals surface area contributed by atoms with Crippen molar-refractivity contribution in [2.75, 3.05) is 13.1 Å². The third-order valence-corrected chi connectivity index (χ3v) is 4.43. The van der Waals surface area contributed by atoms with E-state index in [9.17, 15) is 28.8 Å². The number of hydrogen-bond donors (Lipinski definition) is 2. The zero-order valence-electron chi connectivity index (χ0n) is 20.6. The second-order valence-electron chi connectivity index (χ2n) is 9.77. The molecule has 0 atom stereocenters. The number of hydrogen-bond acceptors (Lipinski definition) is 10. The van der Waals surface area contributed by atoms with Crippen molar-refractivity contribution in [2.45, 2.75) is 52.7 Å². The predicted octanol–water partition coefficient (Wildman–Crippen LogP) is -0.717. The summed E-state index contributed by atoms with van der Waals surface area (Å²) in [6.45, 7) is 9.02. The van der Waals surface area contributed by atoms with E-state index >= 15 is 0 Å². The van der Waals surface area contributed by atoms with Crippen molar-refractivity contribution in [1.29, 1.82) is 0 Å². The van der Waals surface area contributed by atoms with Crippen LogP contribution in [0.5, 0.6) is 0 Å². The van der Waals surface area contributed by atoms with E-state index in [4.69, 9.17) is 9.47 Å². The first-order chi connectivity index (χ1) is 16.6. The fraction of sp³-hybridized carbons (Fsp3) is 0.455. The van der Waals surface area contributed by atoms with Crippen molar-refractivity contribution in [3.63, 3.8) is 0 Å². The van der Waals surface area contributed by atoms with Gasteiger partial charge in [-0.2, -0.15) is 0 Å². The Labute approximate surface area is 204 Å². The molecule has 0 aliphatic heterocycles. The molecule has 0 bridgehead atoms. The van der Waals surface area contributed by atoms with Crippen molar-refractivity contribution < 1.29 is 28.7 Å². The van der Waals surface area contributed by atoms with Crippen LogP contribution >= 0.6 is 0 Å². The van der Waals surface area contributed by atoms with Gasteiger partial charge in [-0.3, -0.25) is 37.6 Å². The first-order valence-electron chi connectivity index (χ1n) is 10.8. The first kappa shape index (κ1) is 26.2. The maximum Gasteiger partial charge on any atom is 0.325 e. The minimum absolute atomic E-state index is 0.368. The zero-order valence-corrected chi connectivity index (χ0v) is 20.6. The minimum Gasteiger partial charge on any atom is -0.459 e. The molecule has 3 heterocycles. The number of nitrogens with zero attached hydrogens (tertiary/aromatic N) is 4. The molecule has 0 aliphatic rings. The quantitative estimate of drug-likeness (QED) is 0.409. The number of carbonyl (C=O) groups excluding carboxylic acids is 4. The monoisotopic (exact) mass is 502 g/mol. The predicted molar refractivity (Wildman–Crippen MR) is 124 cm³/mol. The second kappa shape index (κ2) is 9.36. The molecular weight excluding hydrogens is 476 g/mol. The summed E-state index contributed by atoms with van der Waals surface area (Å²) in [5.74, 6) is -3.17. The highest BCUT2D eigenvalue weighted by molar-refractivity contribution is 6.02. The summed E-state index contributed by atoms with van der Waals surface area (Å²) >= 11 is 0. The average Bonchev–Trinajstić information content (AvgIpc) is 3.37. The smallest absolute Gasteiger partial charge is 0.325 e. The van der Waals surface area contributed by atoms with Crippen LogP contribution in [0.3, 0.4) is 0 Å². The van der Waals surface area contributed by atoms with Gasteiger partial charge in [0.2, 0.25) is 0 Å². The van der Waals surface area contributed by atoms with Crippen LogP contribution in [-0.4, -0.2) is 66.8 Å². The number of rotatable bonds is 6. The van der Waals surface area contributed by atoms with E-state index in [2.05, 4.69) is 20.6 Å². The van der Waals surface area contributed by atoms with Gasteiger partial charge in [-0.15, -0.1) is 0 Å². The topological polar surface area (TPSA) is 180 Å². The number of nitrogens with one attached hydrogen (secondary N) is 2. The van der Waals surface area contributed by atoms with Crippen LogP contribution in [0.1, 0.15) is 62.5 Å². The third kappa shape index (κ3) is 5.64. The summed E-state index contributed by atoms with van der Waals surface area (Å²) < 4.78 is 11.8.